The molecule has 0 saturated heterocycles. The molecule has 0 fully saturated rings. The van der Waals surface area contributed by atoms with Crippen LogP contribution in [0.5, 0.6) is 0 Å². The van der Waals surface area contributed by atoms with Gasteiger partial charge in [-0.05, 0) is 36.5 Å². The zero-order valence-electron chi connectivity index (χ0n) is 11.4. The van der Waals surface area contributed by atoms with E-state index in [-0.39, 0.29) is 11.0 Å². The van der Waals surface area contributed by atoms with Crippen LogP contribution in [0.1, 0.15) is 10.4 Å². The zero-order valence-corrected chi connectivity index (χ0v) is 12.2. The number of amides is 1. The molecule has 22 heavy (non-hydrogen) atoms. The van der Waals surface area contributed by atoms with Gasteiger partial charge in [0.15, 0.2) is 16.7 Å². The Labute approximate surface area is 131 Å². The van der Waals surface area contributed by atoms with Crippen molar-refractivity contribution in [1.82, 2.24) is 15.5 Å². The van der Waals surface area contributed by atoms with Gasteiger partial charge in [0.2, 0.25) is 0 Å². The summed E-state index contributed by atoms with van der Waals surface area (Å²) in [5.74, 6) is 0.879. The fourth-order valence-corrected chi connectivity index (χ4v) is 2.05. The maximum Gasteiger partial charge on any atom is 0.257 e. The van der Waals surface area contributed by atoms with Gasteiger partial charge in [0.25, 0.3) is 5.91 Å². The molecule has 0 spiro atoms. The minimum atomic E-state index is -0.278. The quantitative estimate of drug-likeness (QED) is 0.648. The summed E-state index contributed by atoms with van der Waals surface area (Å²) >= 11 is 5.10. The van der Waals surface area contributed by atoms with Gasteiger partial charge in [-0.1, -0.05) is 18.2 Å². The summed E-state index contributed by atoms with van der Waals surface area (Å²) in [6, 6.07) is 14.2. The summed E-state index contributed by atoms with van der Waals surface area (Å²) in [7, 11) is 0. The molecular weight excluding hydrogens is 300 g/mol. The van der Waals surface area contributed by atoms with Crippen LogP contribution in [0, 0.1) is 0 Å². The summed E-state index contributed by atoms with van der Waals surface area (Å²) in [6.07, 6.45) is 1.58. The van der Waals surface area contributed by atoms with Gasteiger partial charge in [0, 0.05) is 11.6 Å². The van der Waals surface area contributed by atoms with Crippen LogP contribution in [0.3, 0.4) is 0 Å². The molecular formula is C15H12N4O2S. The Morgan fingerprint density at radius 3 is 2.73 bits per heavy atom. The molecule has 2 aromatic heterocycles. The lowest BCUT2D eigenvalue weighted by atomic mass is 10.2. The topological polar surface area (TPSA) is 83.0 Å². The molecule has 1 amide bonds. The van der Waals surface area contributed by atoms with E-state index >= 15 is 0 Å². The standard InChI is InChI=1S/C15H12N4O2S/c20-14(10-5-2-1-3-6-10)17-15(22)16-13-9-11(18-19-13)12-7-4-8-21-12/h1-9H,(H3,16,17,18,19,20,22). The van der Waals surface area contributed by atoms with Crippen molar-refractivity contribution in [3.8, 4) is 11.5 Å². The molecule has 0 aliphatic rings. The number of carbonyl (C=O) groups is 1. The molecule has 0 unspecified atom stereocenters. The van der Waals surface area contributed by atoms with Crippen LogP contribution in [0.4, 0.5) is 5.82 Å². The Bertz CT molecular complexity index is 781. The summed E-state index contributed by atoms with van der Waals surface area (Å²) in [4.78, 5) is 12.0. The highest BCUT2D eigenvalue weighted by Gasteiger charge is 2.10. The second-order valence-electron chi connectivity index (χ2n) is 4.42. The summed E-state index contributed by atoms with van der Waals surface area (Å²) in [5.41, 5.74) is 1.25. The molecule has 0 aliphatic heterocycles. The van der Waals surface area contributed by atoms with E-state index in [0.717, 1.165) is 0 Å². The third-order valence-electron chi connectivity index (χ3n) is 2.87. The number of furan rings is 1. The summed E-state index contributed by atoms with van der Waals surface area (Å²) in [6.45, 7) is 0. The number of carbonyl (C=O) groups excluding carboxylic acids is 1. The van der Waals surface area contributed by atoms with Gasteiger partial charge < -0.3 is 9.73 Å². The highest BCUT2D eigenvalue weighted by Crippen LogP contribution is 2.19. The van der Waals surface area contributed by atoms with Crippen LogP contribution >= 0.6 is 12.2 Å². The predicted octanol–water partition coefficient (Wildman–Crippen LogP) is 2.80. The average Bonchev–Trinajstić information content (AvgIpc) is 3.19. The number of aromatic amines is 1. The van der Waals surface area contributed by atoms with Gasteiger partial charge in [-0.25, -0.2) is 0 Å². The molecule has 1 aromatic carbocycles. The fraction of sp³-hybridized carbons (Fsp3) is 0. The lowest BCUT2D eigenvalue weighted by Gasteiger charge is -2.06. The number of H-pyrrole nitrogens is 1. The van der Waals surface area contributed by atoms with Crippen LogP contribution in [0.2, 0.25) is 0 Å². The maximum absolute atomic E-state index is 12.0. The Balaban J connectivity index is 1.61. The van der Waals surface area contributed by atoms with Crippen molar-refractivity contribution in [3.63, 3.8) is 0 Å². The highest BCUT2D eigenvalue weighted by molar-refractivity contribution is 7.80. The number of benzene rings is 1. The average molecular weight is 312 g/mol. The SMILES string of the molecule is O=C(NC(=S)Nc1cc(-c2ccco2)[nH]n1)c1ccccc1. The van der Waals surface area contributed by atoms with Crippen LogP contribution in [0.15, 0.2) is 59.2 Å². The van der Waals surface area contributed by atoms with Crippen LogP contribution in [-0.4, -0.2) is 21.2 Å². The van der Waals surface area contributed by atoms with Gasteiger partial charge in [-0.2, -0.15) is 5.10 Å². The molecule has 0 aliphatic carbocycles. The third kappa shape index (κ3) is 3.21. The molecule has 0 radical (unpaired) electrons. The number of thiocarbonyl (C=S) groups is 1. The zero-order chi connectivity index (χ0) is 15.4. The molecule has 0 atom stereocenters. The van der Waals surface area contributed by atoms with Crippen molar-refractivity contribution in [2.75, 3.05) is 5.32 Å². The largest absolute Gasteiger partial charge is 0.463 e. The van der Waals surface area contributed by atoms with E-state index in [1.807, 2.05) is 12.1 Å². The molecule has 110 valence electrons. The first kappa shape index (κ1) is 14.0. The molecule has 0 bridgehead atoms. The summed E-state index contributed by atoms with van der Waals surface area (Å²) in [5, 5.41) is 12.5. The fourth-order valence-electron chi connectivity index (χ4n) is 1.86. The van der Waals surface area contributed by atoms with Gasteiger partial charge in [-0.15, -0.1) is 0 Å². The highest BCUT2D eigenvalue weighted by atomic mass is 32.1. The lowest BCUT2D eigenvalue weighted by Crippen LogP contribution is -2.34. The molecule has 0 saturated carbocycles. The van der Waals surface area contributed by atoms with E-state index in [9.17, 15) is 4.79 Å². The molecule has 3 aromatic rings. The van der Waals surface area contributed by atoms with E-state index in [1.165, 1.54) is 0 Å². The lowest BCUT2D eigenvalue weighted by molar-refractivity contribution is 0.0977. The molecule has 3 rings (SSSR count). The van der Waals surface area contributed by atoms with E-state index in [0.29, 0.717) is 22.8 Å². The second-order valence-corrected chi connectivity index (χ2v) is 4.83. The van der Waals surface area contributed by atoms with Crippen molar-refractivity contribution >= 4 is 29.1 Å². The number of hydrogen-bond acceptors (Lipinski definition) is 4. The number of anilines is 1. The number of nitrogens with zero attached hydrogens (tertiary/aromatic N) is 1. The van der Waals surface area contributed by atoms with Crippen LogP contribution in [0.25, 0.3) is 11.5 Å². The minimum absolute atomic E-state index is 0.173. The Hall–Kier alpha value is -2.93. The van der Waals surface area contributed by atoms with Gasteiger partial charge in [-0.3, -0.25) is 15.2 Å². The number of nitrogens with one attached hydrogen (secondary N) is 3. The normalized spacial score (nSPS) is 10.2. The van der Waals surface area contributed by atoms with E-state index in [4.69, 9.17) is 16.6 Å². The Kier molecular flexibility index (Phi) is 3.97. The van der Waals surface area contributed by atoms with Crippen molar-refractivity contribution in [2.24, 2.45) is 0 Å². The van der Waals surface area contributed by atoms with E-state index < -0.39 is 0 Å². The molecule has 2 heterocycles. The smallest absolute Gasteiger partial charge is 0.257 e. The number of hydrogen-bond donors (Lipinski definition) is 3. The first-order valence-electron chi connectivity index (χ1n) is 6.49. The van der Waals surface area contributed by atoms with Gasteiger partial charge in [0.1, 0.15) is 5.69 Å². The Morgan fingerprint density at radius 1 is 1.18 bits per heavy atom. The van der Waals surface area contributed by atoms with Crippen molar-refractivity contribution < 1.29 is 9.21 Å². The van der Waals surface area contributed by atoms with Gasteiger partial charge in [0.05, 0.1) is 6.26 Å². The number of aromatic nitrogens is 2. The van der Waals surface area contributed by atoms with Crippen molar-refractivity contribution in [3.05, 3.63) is 60.4 Å². The summed E-state index contributed by atoms with van der Waals surface area (Å²) < 4.78 is 5.26. The van der Waals surface area contributed by atoms with E-state index in [2.05, 4.69) is 20.8 Å². The predicted molar refractivity (Wildman–Crippen MR) is 86.4 cm³/mol. The first-order chi connectivity index (χ1) is 10.7. The van der Waals surface area contributed by atoms with Gasteiger partial charge >= 0.3 is 0 Å². The number of rotatable bonds is 3. The monoisotopic (exact) mass is 312 g/mol. The minimum Gasteiger partial charge on any atom is -0.463 e. The van der Waals surface area contributed by atoms with Crippen molar-refractivity contribution in [1.29, 1.82) is 0 Å². The first-order valence-corrected chi connectivity index (χ1v) is 6.90. The van der Waals surface area contributed by atoms with Crippen molar-refractivity contribution in [2.45, 2.75) is 0 Å². The molecule has 7 heteroatoms. The Morgan fingerprint density at radius 2 is 2.00 bits per heavy atom. The maximum atomic E-state index is 12.0. The molecule has 6 nitrogen and oxygen atoms in total. The van der Waals surface area contributed by atoms with E-state index in [1.54, 1.807) is 42.7 Å². The van der Waals surface area contributed by atoms with Crippen LogP contribution < -0.4 is 10.6 Å². The molecule has 3 N–H and O–H groups in total. The van der Waals surface area contributed by atoms with Crippen LogP contribution in [-0.2, 0) is 0 Å². The second kappa shape index (κ2) is 6.23. The third-order valence-corrected chi connectivity index (χ3v) is 3.07.